The van der Waals surface area contributed by atoms with Crippen molar-refractivity contribution in [3.05, 3.63) is 64.7 Å². The van der Waals surface area contributed by atoms with Gasteiger partial charge >= 0.3 is 5.97 Å². The average Bonchev–Trinajstić information content (AvgIpc) is 2.66. The van der Waals surface area contributed by atoms with Gasteiger partial charge in [0.25, 0.3) is 0 Å². The molecular weight excluding hydrogens is 362 g/mol. The number of phenols is 1. The van der Waals surface area contributed by atoms with Gasteiger partial charge in [0, 0.05) is 17.8 Å². The lowest BCUT2D eigenvalue weighted by Crippen LogP contribution is -2.21. The summed E-state index contributed by atoms with van der Waals surface area (Å²) in [5, 5.41) is 9.90. The van der Waals surface area contributed by atoms with Crippen LogP contribution in [0.3, 0.4) is 0 Å². The lowest BCUT2D eigenvalue weighted by molar-refractivity contribution is -0.145. The lowest BCUT2D eigenvalue weighted by atomic mass is 10.00. The van der Waals surface area contributed by atoms with Crippen LogP contribution in [0.4, 0.5) is 0 Å². The molecule has 1 atom stereocenters. The first kappa shape index (κ1) is 21.0. The molecular formula is C22H26ClNO3. The molecule has 0 fully saturated rings. The Morgan fingerprint density at radius 3 is 2.70 bits per heavy atom. The van der Waals surface area contributed by atoms with Gasteiger partial charge < -0.3 is 9.84 Å². The van der Waals surface area contributed by atoms with Crippen LogP contribution < -0.4 is 0 Å². The molecule has 0 aromatic heterocycles. The maximum absolute atomic E-state index is 12.2. The fourth-order valence-corrected chi connectivity index (χ4v) is 3.02. The van der Waals surface area contributed by atoms with E-state index in [0.717, 1.165) is 24.8 Å². The maximum Gasteiger partial charge on any atom is 0.314 e. The van der Waals surface area contributed by atoms with Crippen molar-refractivity contribution in [2.45, 2.75) is 32.6 Å². The Bertz CT molecular complexity index is 746. The van der Waals surface area contributed by atoms with Gasteiger partial charge in [-0.3, -0.25) is 9.79 Å². The molecule has 1 unspecified atom stereocenters. The second kappa shape index (κ2) is 11.4. The SMILES string of the molecule is CCOC(=O)C(C=NCCCCc1ccccc1)Cc1ccc(O)cc1Cl. The molecule has 0 saturated carbocycles. The van der Waals surface area contributed by atoms with Crippen molar-refractivity contribution >= 4 is 23.8 Å². The molecule has 144 valence electrons. The molecule has 2 aromatic rings. The highest BCUT2D eigenvalue weighted by atomic mass is 35.5. The molecule has 0 amide bonds. The normalized spacial score (nSPS) is 12.2. The predicted molar refractivity (Wildman–Crippen MR) is 110 cm³/mol. The number of hydrogen-bond donors (Lipinski definition) is 1. The quantitative estimate of drug-likeness (QED) is 0.359. The summed E-state index contributed by atoms with van der Waals surface area (Å²) in [4.78, 5) is 16.7. The third kappa shape index (κ3) is 7.43. The Balaban J connectivity index is 1.87. The van der Waals surface area contributed by atoms with Gasteiger partial charge in [-0.1, -0.05) is 48.0 Å². The maximum atomic E-state index is 12.2. The topological polar surface area (TPSA) is 58.9 Å². The second-order valence-electron chi connectivity index (χ2n) is 6.34. The number of rotatable bonds is 10. The molecule has 0 bridgehead atoms. The largest absolute Gasteiger partial charge is 0.508 e. The summed E-state index contributed by atoms with van der Waals surface area (Å²) in [6, 6.07) is 15.1. The summed E-state index contributed by atoms with van der Waals surface area (Å²) in [5.41, 5.74) is 2.11. The van der Waals surface area contributed by atoms with Gasteiger partial charge in [0.15, 0.2) is 0 Å². The van der Waals surface area contributed by atoms with Crippen LogP contribution >= 0.6 is 11.6 Å². The first-order valence-electron chi connectivity index (χ1n) is 9.28. The Morgan fingerprint density at radius 2 is 2.00 bits per heavy atom. The van der Waals surface area contributed by atoms with E-state index in [1.54, 1.807) is 25.3 Å². The Morgan fingerprint density at radius 1 is 1.22 bits per heavy atom. The minimum absolute atomic E-state index is 0.100. The number of aromatic hydroxyl groups is 1. The number of esters is 1. The highest BCUT2D eigenvalue weighted by molar-refractivity contribution is 6.31. The first-order chi connectivity index (χ1) is 13.1. The molecule has 0 spiro atoms. The van der Waals surface area contributed by atoms with Gasteiger partial charge in [-0.2, -0.15) is 0 Å². The summed E-state index contributed by atoms with van der Waals surface area (Å²) < 4.78 is 5.15. The summed E-state index contributed by atoms with van der Waals surface area (Å²) in [7, 11) is 0. The van der Waals surface area contributed by atoms with Crippen molar-refractivity contribution in [3.8, 4) is 5.75 Å². The van der Waals surface area contributed by atoms with E-state index in [0.29, 0.717) is 24.6 Å². The van der Waals surface area contributed by atoms with Crippen LogP contribution in [-0.4, -0.2) is 30.4 Å². The zero-order valence-corrected chi connectivity index (χ0v) is 16.4. The number of unbranched alkanes of at least 4 members (excludes halogenated alkanes) is 1. The smallest absolute Gasteiger partial charge is 0.314 e. The van der Waals surface area contributed by atoms with Crippen LogP contribution in [-0.2, 0) is 22.4 Å². The van der Waals surface area contributed by atoms with Crippen molar-refractivity contribution in [1.29, 1.82) is 0 Å². The highest BCUT2D eigenvalue weighted by Crippen LogP contribution is 2.24. The molecule has 1 N–H and O–H groups in total. The highest BCUT2D eigenvalue weighted by Gasteiger charge is 2.19. The number of hydrogen-bond acceptors (Lipinski definition) is 4. The van der Waals surface area contributed by atoms with Crippen LogP contribution in [0.15, 0.2) is 53.5 Å². The number of nitrogens with zero attached hydrogens (tertiary/aromatic N) is 1. The van der Waals surface area contributed by atoms with E-state index in [1.165, 1.54) is 11.6 Å². The van der Waals surface area contributed by atoms with Crippen molar-refractivity contribution in [3.63, 3.8) is 0 Å². The third-order valence-electron chi connectivity index (χ3n) is 4.20. The van der Waals surface area contributed by atoms with Gasteiger partial charge in [-0.15, -0.1) is 0 Å². The molecule has 2 rings (SSSR count). The molecule has 5 heteroatoms. The number of aryl methyl sites for hydroxylation is 1. The fraction of sp³-hybridized carbons (Fsp3) is 0.364. The van der Waals surface area contributed by atoms with E-state index >= 15 is 0 Å². The summed E-state index contributed by atoms with van der Waals surface area (Å²) in [6.07, 6.45) is 5.10. The predicted octanol–water partition coefficient (Wildman–Crippen LogP) is 4.86. The number of ether oxygens (including phenoxy) is 1. The summed E-state index contributed by atoms with van der Waals surface area (Å²) in [6.45, 7) is 2.78. The first-order valence-corrected chi connectivity index (χ1v) is 9.66. The van der Waals surface area contributed by atoms with E-state index in [1.807, 2.05) is 18.2 Å². The van der Waals surface area contributed by atoms with Crippen molar-refractivity contribution < 1.29 is 14.6 Å². The van der Waals surface area contributed by atoms with Gasteiger partial charge in [0.1, 0.15) is 5.75 Å². The van der Waals surface area contributed by atoms with Gasteiger partial charge in [0.05, 0.1) is 12.5 Å². The van der Waals surface area contributed by atoms with E-state index in [4.69, 9.17) is 16.3 Å². The van der Waals surface area contributed by atoms with Crippen LogP contribution in [0.25, 0.3) is 0 Å². The molecule has 0 saturated heterocycles. The van der Waals surface area contributed by atoms with E-state index in [9.17, 15) is 9.90 Å². The van der Waals surface area contributed by atoms with Crippen LogP contribution in [0.1, 0.15) is 30.9 Å². The molecule has 2 aromatic carbocycles. The monoisotopic (exact) mass is 387 g/mol. The Hall–Kier alpha value is -2.33. The van der Waals surface area contributed by atoms with Gasteiger partial charge in [-0.25, -0.2) is 0 Å². The number of carbonyl (C=O) groups excluding carboxylic acids is 1. The number of aliphatic imine (C=N–C) groups is 1. The number of benzene rings is 2. The number of carbonyl (C=O) groups is 1. The van der Waals surface area contributed by atoms with E-state index in [-0.39, 0.29) is 11.7 Å². The standard InChI is InChI=1S/C22H26ClNO3/c1-2-27-22(26)19(14-18-11-12-20(25)15-21(18)23)16-24-13-7-6-10-17-8-4-3-5-9-17/h3-5,8-9,11-12,15-16,19,25H,2,6-7,10,13-14H2,1H3. The van der Waals surface area contributed by atoms with E-state index < -0.39 is 5.92 Å². The molecule has 0 radical (unpaired) electrons. The molecule has 0 aliphatic rings. The van der Waals surface area contributed by atoms with Gasteiger partial charge in [0.2, 0.25) is 0 Å². The minimum atomic E-state index is -0.485. The number of phenolic OH excluding ortho intramolecular Hbond substituents is 1. The lowest BCUT2D eigenvalue weighted by Gasteiger charge is -2.12. The zero-order chi connectivity index (χ0) is 19.5. The fourth-order valence-electron chi connectivity index (χ4n) is 2.76. The van der Waals surface area contributed by atoms with Crippen molar-refractivity contribution in [2.75, 3.05) is 13.2 Å². The summed E-state index contributed by atoms with van der Waals surface area (Å²) in [5.74, 6) is -0.695. The van der Waals surface area contributed by atoms with Gasteiger partial charge in [-0.05, 0) is 55.9 Å². The molecule has 27 heavy (non-hydrogen) atoms. The molecule has 0 aliphatic carbocycles. The average molecular weight is 388 g/mol. The van der Waals surface area contributed by atoms with Crippen LogP contribution in [0, 0.1) is 5.92 Å². The zero-order valence-electron chi connectivity index (χ0n) is 15.6. The molecule has 4 nitrogen and oxygen atoms in total. The number of halogens is 1. The third-order valence-corrected chi connectivity index (χ3v) is 4.55. The second-order valence-corrected chi connectivity index (χ2v) is 6.74. The van der Waals surface area contributed by atoms with Crippen LogP contribution in [0.2, 0.25) is 5.02 Å². The molecule has 0 aliphatic heterocycles. The van der Waals surface area contributed by atoms with Crippen molar-refractivity contribution in [2.24, 2.45) is 10.9 Å². The Labute approximate surface area is 165 Å². The Kier molecular flexibility index (Phi) is 8.85. The summed E-state index contributed by atoms with van der Waals surface area (Å²) >= 11 is 6.16. The van der Waals surface area contributed by atoms with Crippen molar-refractivity contribution in [1.82, 2.24) is 0 Å². The minimum Gasteiger partial charge on any atom is -0.508 e. The van der Waals surface area contributed by atoms with Crippen LogP contribution in [0.5, 0.6) is 5.75 Å². The molecule has 0 heterocycles. The van der Waals surface area contributed by atoms with E-state index in [2.05, 4.69) is 17.1 Å².